The van der Waals surface area contributed by atoms with Crippen molar-refractivity contribution in [3.63, 3.8) is 0 Å². The number of amides is 1. The number of likely N-dealkylation sites (tertiary alicyclic amines) is 1. The van der Waals surface area contributed by atoms with E-state index >= 15 is 0 Å². The number of carbonyl (C=O) groups excluding carboxylic acids is 1. The highest BCUT2D eigenvalue weighted by molar-refractivity contribution is 5.95. The van der Waals surface area contributed by atoms with Gasteiger partial charge in [-0.15, -0.1) is 0 Å². The van der Waals surface area contributed by atoms with E-state index in [0.717, 1.165) is 55.9 Å². The molecule has 4 rings (SSSR count). The molecule has 30 heavy (non-hydrogen) atoms. The number of methoxy groups -OCH3 is 2. The van der Waals surface area contributed by atoms with Crippen molar-refractivity contribution >= 4 is 5.91 Å². The maximum Gasteiger partial charge on any atom is 0.254 e. The van der Waals surface area contributed by atoms with E-state index in [-0.39, 0.29) is 18.1 Å². The van der Waals surface area contributed by atoms with Crippen molar-refractivity contribution in [3.8, 4) is 17.2 Å². The van der Waals surface area contributed by atoms with E-state index in [4.69, 9.17) is 18.9 Å². The van der Waals surface area contributed by atoms with Gasteiger partial charge in [-0.2, -0.15) is 0 Å². The molecule has 0 radical (unpaired) electrons. The lowest BCUT2D eigenvalue weighted by Crippen LogP contribution is -2.30. The normalized spacial score (nSPS) is 20.9. The lowest BCUT2D eigenvalue weighted by molar-refractivity contribution is 0.0676. The standard InChI is InChI=1S/C24H29NO5/c1-27-18-10-11-21(23(15-18)28-2)22-9-4-12-25(22)24(26)17-6-3-7-19(14-17)30-16-20-8-5-13-29-20/h3,6-7,10-11,14-15,20,22H,4-5,8-9,12-13,16H2,1-2H3/t20-,22-/m1/s1. The maximum atomic E-state index is 13.3. The van der Waals surface area contributed by atoms with E-state index < -0.39 is 0 Å². The lowest BCUT2D eigenvalue weighted by atomic mass is 10.0. The summed E-state index contributed by atoms with van der Waals surface area (Å²) < 4.78 is 22.4. The van der Waals surface area contributed by atoms with Gasteiger partial charge in [0.05, 0.1) is 26.4 Å². The van der Waals surface area contributed by atoms with Gasteiger partial charge in [-0.3, -0.25) is 4.79 Å². The van der Waals surface area contributed by atoms with Crippen LogP contribution in [-0.2, 0) is 4.74 Å². The number of rotatable bonds is 7. The van der Waals surface area contributed by atoms with Gasteiger partial charge >= 0.3 is 0 Å². The minimum atomic E-state index is -0.0187. The number of ether oxygens (including phenoxy) is 4. The van der Waals surface area contributed by atoms with Crippen LogP contribution in [-0.4, -0.2) is 50.9 Å². The molecule has 0 unspecified atom stereocenters. The molecule has 0 bridgehead atoms. The van der Waals surface area contributed by atoms with Gasteiger partial charge in [0.25, 0.3) is 5.91 Å². The van der Waals surface area contributed by atoms with Crippen LogP contribution in [0.3, 0.4) is 0 Å². The Morgan fingerprint density at radius 3 is 2.73 bits per heavy atom. The summed E-state index contributed by atoms with van der Waals surface area (Å²) in [5, 5.41) is 0. The fourth-order valence-electron chi connectivity index (χ4n) is 4.28. The molecule has 2 aliphatic heterocycles. The zero-order valence-electron chi connectivity index (χ0n) is 17.6. The summed E-state index contributed by atoms with van der Waals surface area (Å²) >= 11 is 0. The summed E-state index contributed by atoms with van der Waals surface area (Å²) in [5.74, 6) is 2.20. The van der Waals surface area contributed by atoms with Gasteiger partial charge in [0.1, 0.15) is 23.9 Å². The van der Waals surface area contributed by atoms with Gasteiger partial charge in [0.15, 0.2) is 0 Å². The predicted molar refractivity (Wildman–Crippen MR) is 113 cm³/mol. The smallest absolute Gasteiger partial charge is 0.254 e. The largest absolute Gasteiger partial charge is 0.497 e. The molecule has 160 valence electrons. The second-order valence-electron chi connectivity index (χ2n) is 7.74. The maximum absolute atomic E-state index is 13.3. The predicted octanol–water partition coefficient (Wildman–Crippen LogP) is 4.24. The van der Waals surface area contributed by atoms with Gasteiger partial charge < -0.3 is 23.8 Å². The van der Waals surface area contributed by atoms with Crippen molar-refractivity contribution in [1.29, 1.82) is 0 Å². The van der Waals surface area contributed by atoms with Crippen LogP contribution in [0.25, 0.3) is 0 Å². The summed E-state index contributed by atoms with van der Waals surface area (Å²) in [6.07, 6.45) is 4.12. The summed E-state index contributed by atoms with van der Waals surface area (Å²) in [5.41, 5.74) is 1.65. The topological polar surface area (TPSA) is 57.2 Å². The first-order chi connectivity index (χ1) is 14.7. The third-order valence-electron chi connectivity index (χ3n) is 5.85. The third-order valence-corrected chi connectivity index (χ3v) is 5.85. The van der Waals surface area contributed by atoms with Gasteiger partial charge in [0, 0.05) is 30.3 Å². The van der Waals surface area contributed by atoms with E-state index in [1.165, 1.54) is 0 Å². The number of hydrogen-bond acceptors (Lipinski definition) is 5. The minimum absolute atomic E-state index is 0.0120. The number of nitrogens with zero attached hydrogens (tertiary/aromatic N) is 1. The van der Waals surface area contributed by atoms with Gasteiger partial charge in [-0.1, -0.05) is 6.07 Å². The molecule has 2 aliphatic rings. The van der Waals surface area contributed by atoms with Crippen LogP contribution >= 0.6 is 0 Å². The SMILES string of the molecule is COc1ccc([C@H]2CCCN2C(=O)c2cccc(OC[C@H]3CCCO3)c2)c(OC)c1. The Morgan fingerprint density at radius 1 is 1.07 bits per heavy atom. The third kappa shape index (κ3) is 4.38. The van der Waals surface area contributed by atoms with Crippen LogP contribution in [0.2, 0.25) is 0 Å². The average molecular weight is 411 g/mol. The summed E-state index contributed by atoms with van der Waals surface area (Å²) in [6.45, 7) is 2.05. The quantitative estimate of drug-likeness (QED) is 0.682. The van der Waals surface area contributed by atoms with E-state index in [2.05, 4.69) is 0 Å². The first-order valence-electron chi connectivity index (χ1n) is 10.6. The molecular formula is C24H29NO5. The van der Waals surface area contributed by atoms with E-state index in [9.17, 15) is 4.79 Å². The van der Waals surface area contributed by atoms with E-state index in [0.29, 0.717) is 17.9 Å². The van der Waals surface area contributed by atoms with Crippen LogP contribution in [0, 0.1) is 0 Å². The molecule has 0 saturated carbocycles. The van der Waals surface area contributed by atoms with Crippen molar-refractivity contribution in [1.82, 2.24) is 4.90 Å². The lowest BCUT2D eigenvalue weighted by Gasteiger charge is -2.27. The Hall–Kier alpha value is -2.73. The van der Waals surface area contributed by atoms with Crippen LogP contribution < -0.4 is 14.2 Å². The van der Waals surface area contributed by atoms with Crippen LogP contribution in [0.1, 0.15) is 47.6 Å². The van der Waals surface area contributed by atoms with Crippen molar-refractivity contribution in [2.75, 3.05) is 34.0 Å². The molecular weight excluding hydrogens is 382 g/mol. The Bertz CT molecular complexity index is 878. The molecule has 0 N–H and O–H groups in total. The summed E-state index contributed by atoms with van der Waals surface area (Å²) in [7, 11) is 3.28. The molecule has 2 aromatic rings. The van der Waals surface area contributed by atoms with Gasteiger partial charge in [0.2, 0.25) is 0 Å². The molecule has 2 heterocycles. The first kappa shape index (κ1) is 20.5. The molecule has 2 fully saturated rings. The molecule has 2 aromatic carbocycles. The molecule has 6 heteroatoms. The second-order valence-corrected chi connectivity index (χ2v) is 7.74. The Kier molecular flexibility index (Phi) is 6.43. The molecule has 1 amide bonds. The molecule has 6 nitrogen and oxygen atoms in total. The van der Waals surface area contributed by atoms with Crippen molar-refractivity contribution in [2.45, 2.75) is 37.8 Å². The summed E-state index contributed by atoms with van der Waals surface area (Å²) in [4.78, 5) is 15.3. The highest BCUT2D eigenvalue weighted by Crippen LogP contribution is 2.39. The van der Waals surface area contributed by atoms with Crippen molar-refractivity contribution < 1.29 is 23.7 Å². The average Bonchev–Trinajstić information content (AvgIpc) is 3.49. The van der Waals surface area contributed by atoms with E-state index in [1.54, 1.807) is 14.2 Å². The van der Waals surface area contributed by atoms with Crippen LogP contribution in [0.4, 0.5) is 0 Å². The van der Waals surface area contributed by atoms with Gasteiger partial charge in [-0.05, 0) is 56.0 Å². The monoisotopic (exact) mass is 411 g/mol. The molecule has 2 saturated heterocycles. The van der Waals surface area contributed by atoms with Crippen LogP contribution in [0.5, 0.6) is 17.2 Å². The second kappa shape index (κ2) is 9.39. The minimum Gasteiger partial charge on any atom is -0.497 e. The zero-order valence-corrected chi connectivity index (χ0v) is 17.6. The number of carbonyl (C=O) groups is 1. The first-order valence-corrected chi connectivity index (χ1v) is 10.6. The van der Waals surface area contributed by atoms with E-state index in [1.807, 2.05) is 47.4 Å². The van der Waals surface area contributed by atoms with Crippen LogP contribution in [0.15, 0.2) is 42.5 Å². The summed E-state index contributed by atoms with van der Waals surface area (Å²) in [6, 6.07) is 13.2. The zero-order chi connectivity index (χ0) is 20.9. The van der Waals surface area contributed by atoms with Crippen molar-refractivity contribution in [3.05, 3.63) is 53.6 Å². The molecule has 0 aliphatic carbocycles. The van der Waals surface area contributed by atoms with Crippen molar-refractivity contribution in [2.24, 2.45) is 0 Å². The highest BCUT2D eigenvalue weighted by Gasteiger charge is 2.32. The fraction of sp³-hybridized carbons (Fsp3) is 0.458. The Morgan fingerprint density at radius 2 is 1.97 bits per heavy atom. The Labute approximate surface area is 177 Å². The number of hydrogen-bond donors (Lipinski definition) is 0. The Balaban J connectivity index is 1.50. The van der Waals surface area contributed by atoms with Gasteiger partial charge in [-0.25, -0.2) is 0 Å². The molecule has 0 spiro atoms. The number of benzene rings is 2. The fourth-order valence-corrected chi connectivity index (χ4v) is 4.28. The molecule has 0 aromatic heterocycles. The highest BCUT2D eigenvalue weighted by atomic mass is 16.5. The molecule has 2 atom stereocenters.